The van der Waals surface area contributed by atoms with Gasteiger partial charge in [-0.05, 0) is 18.0 Å². The Labute approximate surface area is 117 Å². The van der Waals surface area contributed by atoms with Crippen LogP contribution in [0.25, 0.3) is 0 Å². The molecule has 0 bridgehead atoms. The number of thiophene rings is 1. The number of likely N-dealkylation sites (N-methyl/N-ethyl adjacent to an activating group) is 1. The molecule has 104 valence electrons. The highest BCUT2D eigenvalue weighted by molar-refractivity contribution is 7.12. The number of carbonyl (C=O) groups excluding carboxylic acids is 2. The van der Waals surface area contributed by atoms with Crippen molar-refractivity contribution in [2.75, 3.05) is 39.3 Å². The lowest BCUT2D eigenvalue weighted by molar-refractivity contribution is -0.131. The van der Waals surface area contributed by atoms with Crippen molar-refractivity contribution in [3.63, 3.8) is 0 Å². The Kier molecular flexibility index (Phi) is 4.93. The molecule has 2 rings (SSSR count). The summed E-state index contributed by atoms with van der Waals surface area (Å²) in [6.45, 7) is 5.65. The molecule has 19 heavy (non-hydrogen) atoms. The Morgan fingerprint density at radius 2 is 1.95 bits per heavy atom. The minimum Gasteiger partial charge on any atom is -0.338 e. The summed E-state index contributed by atoms with van der Waals surface area (Å²) in [5.41, 5.74) is 0. The van der Waals surface area contributed by atoms with Crippen LogP contribution in [0.3, 0.4) is 0 Å². The molecule has 5 nitrogen and oxygen atoms in total. The molecule has 2 amide bonds. The summed E-state index contributed by atoms with van der Waals surface area (Å²) in [4.78, 5) is 28.4. The van der Waals surface area contributed by atoms with Crippen LogP contribution in [-0.4, -0.2) is 60.9 Å². The number of hydrogen-bond acceptors (Lipinski definition) is 4. The Bertz CT molecular complexity index is 425. The fraction of sp³-hybridized carbons (Fsp3) is 0.538. The summed E-state index contributed by atoms with van der Waals surface area (Å²) in [5, 5.41) is 4.94. The van der Waals surface area contributed by atoms with E-state index in [1.54, 1.807) is 0 Å². The second kappa shape index (κ2) is 6.68. The van der Waals surface area contributed by atoms with Crippen LogP contribution < -0.4 is 5.32 Å². The molecule has 1 aromatic rings. The number of hydrogen-bond donors (Lipinski definition) is 1. The van der Waals surface area contributed by atoms with Crippen LogP contribution in [0, 0.1) is 0 Å². The maximum absolute atomic E-state index is 12.1. The van der Waals surface area contributed by atoms with E-state index in [-0.39, 0.29) is 11.8 Å². The maximum Gasteiger partial charge on any atom is 0.264 e. The van der Waals surface area contributed by atoms with Gasteiger partial charge in [-0.2, -0.15) is 0 Å². The van der Waals surface area contributed by atoms with E-state index in [1.165, 1.54) is 11.3 Å². The molecular formula is C13H19N3O2S. The van der Waals surface area contributed by atoms with E-state index in [9.17, 15) is 9.59 Å². The zero-order chi connectivity index (χ0) is 13.7. The first-order valence-electron chi connectivity index (χ1n) is 6.53. The monoisotopic (exact) mass is 281 g/mol. The highest BCUT2D eigenvalue weighted by Gasteiger charge is 2.24. The van der Waals surface area contributed by atoms with Gasteiger partial charge >= 0.3 is 0 Å². The topological polar surface area (TPSA) is 52.7 Å². The first kappa shape index (κ1) is 14.0. The van der Waals surface area contributed by atoms with Crippen molar-refractivity contribution in [3.8, 4) is 0 Å². The zero-order valence-electron chi connectivity index (χ0n) is 11.1. The van der Waals surface area contributed by atoms with Gasteiger partial charge in [-0.15, -0.1) is 11.3 Å². The standard InChI is InChI=1S/C13H19N3O2S/c1-2-14-10-12(17)15-5-7-16(8-6-15)13(18)11-4-3-9-19-11/h3-4,9,14H,2,5-8,10H2,1H3. The van der Waals surface area contributed by atoms with Crippen molar-refractivity contribution in [2.45, 2.75) is 6.92 Å². The number of carbonyl (C=O) groups is 2. The third kappa shape index (κ3) is 3.54. The molecule has 0 saturated carbocycles. The molecule has 1 aromatic heterocycles. The minimum absolute atomic E-state index is 0.0776. The number of nitrogens with one attached hydrogen (secondary N) is 1. The molecule has 0 spiro atoms. The highest BCUT2D eigenvalue weighted by Crippen LogP contribution is 2.13. The molecule has 6 heteroatoms. The average molecular weight is 281 g/mol. The van der Waals surface area contributed by atoms with Crippen LogP contribution in [0.1, 0.15) is 16.6 Å². The fourth-order valence-corrected chi connectivity index (χ4v) is 2.75. The van der Waals surface area contributed by atoms with E-state index < -0.39 is 0 Å². The summed E-state index contributed by atoms with van der Waals surface area (Å²) >= 11 is 1.46. The largest absolute Gasteiger partial charge is 0.338 e. The predicted molar refractivity (Wildman–Crippen MR) is 75.3 cm³/mol. The molecule has 0 radical (unpaired) electrons. The molecule has 0 unspecified atom stereocenters. The summed E-state index contributed by atoms with van der Waals surface area (Å²) in [7, 11) is 0. The molecule has 1 fully saturated rings. The number of piperazine rings is 1. The van der Waals surface area contributed by atoms with E-state index in [4.69, 9.17) is 0 Å². The van der Waals surface area contributed by atoms with E-state index in [2.05, 4.69) is 5.32 Å². The van der Waals surface area contributed by atoms with Crippen molar-refractivity contribution in [3.05, 3.63) is 22.4 Å². The molecule has 0 aromatic carbocycles. The summed E-state index contributed by atoms with van der Waals surface area (Å²) < 4.78 is 0. The van der Waals surface area contributed by atoms with E-state index in [0.717, 1.165) is 11.4 Å². The van der Waals surface area contributed by atoms with Gasteiger partial charge in [0.1, 0.15) is 0 Å². The second-order valence-corrected chi connectivity index (χ2v) is 5.38. The van der Waals surface area contributed by atoms with Gasteiger partial charge in [0.05, 0.1) is 11.4 Å². The first-order chi connectivity index (χ1) is 9.22. The highest BCUT2D eigenvalue weighted by atomic mass is 32.1. The quantitative estimate of drug-likeness (QED) is 0.881. The van der Waals surface area contributed by atoms with Crippen LogP contribution >= 0.6 is 11.3 Å². The molecule has 1 aliphatic rings. The van der Waals surface area contributed by atoms with Gasteiger partial charge in [-0.3, -0.25) is 9.59 Å². The summed E-state index contributed by atoms with van der Waals surface area (Å²) in [6, 6.07) is 3.73. The Morgan fingerprint density at radius 3 is 2.53 bits per heavy atom. The molecule has 2 heterocycles. The van der Waals surface area contributed by atoms with Crippen LogP contribution in [0.2, 0.25) is 0 Å². The van der Waals surface area contributed by atoms with Crippen molar-refractivity contribution in [2.24, 2.45) is 0 Å². The molecular weight excluding hydrogens is 262 g/mol. The number of nitrogens with zero attached hydrogens (tertiary/aromatic N) is 2. The van der Waals surface area contributed by atoms with Crippen LogP contribution in [0.15, 0.2) is 17.5 Å². The van der Waals surface area contributed by atoms with Gasteiger partial charge < -0.3 is 15.1 Å². The smallest absolute Gasteiger partial charge is 0.264 e. The average Bonchev–Trinajstić information content (AvgIpc) is 2.98. The van der Waals surface area contributed by atoms with E-state index in [1.807, 2.05) is 34.2 Å². The van der Waals surface area contributed by atoms with Crippen LogP contribution in [-0.2, 0) is 4.79 Å². The number of amides is 2. The van der Waals surface area contributed by atoms with Crippen molar-refractivity contribution >= 4 is 23.2 Å². The van der Waals surface area contributed by atoms with Crippen LogP contribution in [0.5, 0.6) is 0 Å². The van der Waals surface area contributed by atoms with Crippen LogP contribution in [0.4, 0.5) is 0 Å². The third-order valence-electron chi connectivity index (χ3n) is 3.18. The van der Waals surface area contributed by atoms with Gasteiger partial charge in [-0.1, -0.05) is 13.0 Å². The lowest BCUT2D eigenvalue weighted by Crippen LogP contribution is -2.52. The SMILES string of the molecule is CCNCC(=O)N1CCN(C(=O)c2cccs2)CC1. The molecule has 1 aliphatic heterocycles. The first-order valence-corrected chi connectivity index (χ1v) is 7.41. The lowest BCUT2D eigenvalue weighted by Gasteiger charge is -2.34. The maximum atomic E-state index is 12.1. The summed E-state index contributed by atoms with van der Waals surface area (Å²) in [5.74, 6) is 0.193. The van der Waals surface area contributed by atoms with Crippen molar-refractivity contribution < 1.29 is 9.59 Å². The molecule has 0 aliphatic carbocycles. The molecule has 1 saturated heterocycles. The number of rotatable bonds is 4. The predicted octanol–water partition coefficient (Wildman–Crippen LogP) is 0.642. The molecule has 1 N–H and O–H groups in total. The summed E-state index contributed by atoms with van der Waals surface area (Å²) in [6.07, 6.45) is 0. The van der Waals surface area contributed by atoms with Crippen molar-refractivity contribution in [1.82, 2.24) is 15.1 Å². The Balaban J connectivity index is 1.82. The van der Waals surface area contributed by atoms with Crippen molar-refractivity contribution in [1.29, 1.82) is 0 Å². The van der Waals surface area contributed by atoms with E-state index in [0.29, 0.717) is 32.7 Å². The molecule has 0 atom stereocenters. The minimum atomic E-state index is 0.0776. The van der Waals surface area contributed by atoms with Gasteiger partial charge in [0.15, 0.2) is 0 Å². The Morgan fingerprint density at radius 1 is 1.26 bits per heavy atom. The van der Waals surface area contributed by atoms with Gasteiger partial charge in [0.25, 0.3) is 5.91 Å². The Hall–Kier alpha value is -1.40. The van der Waals surface area contributed by atoms with Gasteiger partial charge in [0, 0.05) is 26.2 Å². The van der Waals surface area contributed by atoms with E-state index >= 15 is 0 Å². The van der Waals surface area contributed by atoms with Gasteiger partial charge in [0.2, 0.25) is 5.91 Å². The normalized spacial score (nSPS) is 15.6. The third-order valence-corrected chi connectivity index (χ3v) is 4.04. The van der Waals surface area contributed by atoms with Gasteiger partial charge in [-0.25, -0.2) is 0 Å². The lowest BCUT2D eigenvalue weighted by atomic mass is 10.3. The second-order valence-electron chi connectivity index (χ2n) is 4.43. The zero-order valence-corrected chi connectivity index (χ0v) is 11.9. The fourth-order valence-electron chi connectivity index (χ4n) is 2.06.